The van der Waals surface area contributed by atoms with Gasteiger partial charge in [0.05, 0.1) is 0 Å². The van der Waals surface area contributed by atoms with Crippen LogP contribution in [0.1, 0.15) is 55.3 Å². The van der Waals surface area contributed by atoms with E-state index in [0.29, 0.717) is 36.0 Å². The third-order valence-electron chi connectivity index (χ3n) is 6.50. The normalized spacial score (nSPS) is 14.8. The molecule has 0 radical (unpaired) electrons. The Morgan fingerprint density at radius 3 is 2.49 bits per heavy atom. The first-order valence-electron chi connectivity index (χ1n) is 12.5. The second kappa shape index (κ2) is 14.0. The Labute approximate surface area is 213 Å². The maximum absolute atomic E-state index is 13.2. The number of nitrogens with one attached hydrogen (secondary N) is 3. The van der Waals surface area contributed by atoms with Crippen LogP contribution in [0.5, 0.6) is 0 Å². The third-order valence-corrected chi connectivity index (χ3v) is 6.74. The number of amides is 2. The topological polar surface area (TPSA) is 93.7 Å². The molecule has 8 heteroatoms. The summed E-state index contributed by atoms with van der Waals surface area (Å²) in [5.41, 5.74) is 2.34. The van der Waals surface area contributed by atoms with Gasteiger partial charge in [-0.25, -0.2) is 4.79 Å². The number of carbonyl (C=O) groups excluding carboxylic acids is 1. The molecule has 2 aromatic carbocycles. The Bertz CT molecular complexity index is 965. The molecule has 2 aromatic rings. The number of likely N-dealkylation sites (N-methyl/N-ethyl adjacent to an activating group) is 1. The summed E-state index contributed by atoms with van der Waals surface area (Å²) in [7, 11) is 1.92. The van der Waals surface area contributed by atoms with Gasteiger partial charge >= 0.3 is 6.09 Å². The predicted molar refractivity (Wildman–Crippen MR) is 142 cm³/mol. The number of nitrogens with zero attached hydrogens (tertiary/aromatic N) is 1. The maximum Gasteiger partial charge on any atom is 0.404 e. The predicted octanol–water partition coefficient (Wildman–Crippen LogP) is 5.42. The zero-order valence-electron chi connectivity index (χ0n) is 20.4. The molecule has 0 spiro atoms. The van der Waals surface area contributed by atoms with Crippen LogP contribution >= 0.6 is 11.6 Å². The minimum atomic E-state index is -1.04. The van der Waals surface area contributed by atoms with Crippen LogP contribution in [0.25, 0.3) is 0 Å². The number of hydrogen-bond acceptors (Lipinski definition) is 4. The van der Waals surface area contributed by atoms with Gasteiger partial charge in [0, 0.05) is 47.6 Å². The number of hydrogen-bond donors (Lipinski definition) is 4. The molecule has 1 atom stereocenters. The molecule has 1 aliphatic carbocycles. The van der Waals surface area contributed by atoms with E-state index < -0.39 is 6.09 Å². The van der Waals surface area contributed by atoms with Gasteiger partial charge in [-0.2, -0.15) is 0 Å². The van der Waals surface area contributed by atoms with E-state index in [1.54, 1.807) is 0 Å². The molecule has 1 saturated carbocycles. The van der Waals surface area contributed by atoms with Gasteiger partial charge in [0.25, 0.3) is 5.91 Å². The Morgan fingerprint density at radius 2 is 1.80 bits per heavy atom. The lowest BCUT2D eigenvalue weighted by molar-refractivity contribution is 0.0928. The largest absolute Gasteiger partial charge is 0.465 e. The third kappa shape index (κ3) is 8.75. The van der Waals surface area contributed by atoms with E-state index in [9.17, 15) is 9.59 Å². The van der Waals surface area contributed by atoms with Gasteiger partial charge in [0.2, 0.25) is 0 Å². The molecule has 0 saturated heterocycles. The molecule has 0 heterocycles. The van der Waals surface area contributed by atoms with Gasteiger partial charge in [0.1, 0.15) is 0 Å². The molecular formula is C27H37ClN4O3. The van der Waals surface area contributed by atoms with Crippen molar-refractivity contribution in [1.82, 2.24) is 16.0 Å². The van der Waals surface area contributed by atoms with E-state index in [-0.39, 0.29) is 11.9 Å². The average Bonchev–Trinajstić information content (AvgIpc) is 2.84. The van der Waals surface area contributed by atoms with E-state index >= 15 is 0 Å². The van der Waals surface area contributed by atoms with Crippen LogP contribution in [0, 0.1) is 5.92 Å². The number of halogens is 1. The van der Waals surface area contributed by atoms with Crippen molar-refractivity contribution in [3.63, 3.8) is 0 Å². The highest BCUT2D eigenvalue weighted by molar-refractivity contribution is 6.30. The van der Waals surface area contributed by atoms with Gasteiger partial charge in [-0.3, -0.25) is 4.79 Å². The van der Waals surface area contributed by atoms with Gasteiger partial charge in [-0.1, -0.05) is 55.8 Å². The van der Waals surface area contributed by atoms with Crippen molar-refractivity contribution >= 4 is 35.0 Å². The van der Waals surface area contributed by atoms with Gasteiger partial charge < -0.3 is 26.0 Å². The lowest BCUT2D eigenvalue weighted by Crippen LogP contribution is -2.42. The second-order valence-electron chi connectivity index (χ2n) is 9.24. The summed E-state index contributed by atoms with van der Waals surface area (Å²) < 4.78 is 0. The SMILES string of the molecule is CNCC(CC1CCCCC1)NC(=O)c1cccc(N(CCCNC(=O)O)c2cccc(Cl)c2)c1. The molecular weight excluding hydrogens is 464 g/mol. The van der Waals surface area contributed by atoms with Crippen LogP contribution < -0.4 is 20.9 Å². The fourth-order valence-electron chi connectivity index (χ4n) is 4.83. The lowest BCUT2D eigenvalue weighted by atomic mass is 9.84. The molecule has 1 unspecified atom stereocenters. The number of carboxylic acid groups (broad SMARTS) is 1. The van der Waals surface area contributed by atoms with E-state index in [2.05, 4.69) is 20.9 Å². The van der Waals surface area contributed by atoms with Crippen molar-refractivity contribution in [2.75, 3.05) is 31.6 Å². The maximum atomic E-state index is 13.2. The molecule has 35 heavy (non-hydrogen) atoms. The molecule has 0 aliphatic heterocycles. The highest BCUT2D eigenvalue weighted by Gasteiger charge is 2.21. The molecule has 7 nitrogen and oxygen atoms in total. The highest BCUT2D eigenvalue weighted by Crippen LogP contribution is 2.29. The highest BCUT2D eigenvalue weighted by atomic mass is 35.5. The quantitative estimate of drug-likeness (QED) is 0.292. The summed E-state index contributed by atoms with van der Waals surface area (Å²) >= 11 is 6.24. The van der Waals surface area contributed by atoms with Crippen LogP contribution in [-0.2, 0) is 0 Å². The minimum Gasteiger partial charge on any atom is -0.465 e. The first-order chi connectivity index (χ1) is 17.0. The number of rotatable bonds is 12. The Hall–Kier alpha value is -2.77. The second-order valence-corrected chi connectivity index (χ2v) is 9.67. The van der Waals surface area contributed by atoms with E-state index in [1.807, 2.05) is 55.6 Å². The van der Waals surface area contributed by atoms with Crippen molar-refractivity contribution in [3.05, 3.63) is 59.1 Å². The average molecular weight is 501 g/mol. The first kappa shape index (κ1) is 26.8. The van der Waals surface area contributed by atoms with E-state index in [1.165, 1.54) is 32.1 Å². The van der Waals surface area contributed by atoms with Crippen molar-refractivity contribution in [2.45, 2.75) is 51.0 Å². The molecule has 190 valence electrons. The first-order valence-corrected chi connectivity index (χ1v) is 12.9. The molecule has 2 amide bonds. The van der Waals surface area contributed by atoms with Crippen LogP contribution in [-0.4, -0.2) is 49.8 Å². The number of benzene rings is 2. The molecule has 0 aromatic heterocycles. The van der Waals surface area contributed by atoms with Crippen LogP contribution in [0.4, 0.5) is 16.2 Å². The van der Waals surface area contributed by atoms with Crippen LogP contribution in [0.3, 0.4) is 0 Å². The number of anilines is 2. The van der Waals surface area contributed by atoms with Crippen molar-refractivity contribution < 1.29 is 14.7 Å². The summed E-state index contributed by atoms with van der Waals surface area (Å²) in [6, 6.07) is 15.2. The molecule has 1 fully saturated rings. The summed E-state index contributed by atoms with van der Waals surface area (Å²) in [5.74, 6) is 0.591. The standard InChI is InChI=1S/C27H37ClN4O3/c1-29-19-23(16-20-8-3-2-4-9-20)31-26(33)21-10-5-12-24(17-21)32(15-7-14-30-27(34)35)25-13-6-11-22(28)18-25/h5-6,10-13,17-18,20,23,29-30H,2-4,7-9,14-16,19H2,1H3,(H,31,33)(H,34,35). The van der Waals surface area contributed by atoms with Crippen molar-refractivity contribution in [2.24, 2.45) is 5.92 Å². The van der Waals surface area contributed by atoms with Crippen molar-refractivity contribution in [1.29, 1.82) is 0 Å². The van der Waals surface area contributed by atoms with Crippen LogP contribution in [0.2, 0.25) is 5.02 Å². The fraction of sp³-hybridized carbons (Fsp3) is 0.481. The monoisotopic (exact) mass is 500 g/mol. The Morgan fingerprint density at radius 1 is 1.09 bits per heavy atom. The molecule has 4 N–H and O–H groups in total. The summed E-state index contributed by atoms with van der Waals surface area (Å²) in [6.07, 6.45) is 6.94. The molecule has 3 rings (SSSR count). The van der Waals surface area contributed by atoms with Gasteiger partial charge in [-0.05, 0) is 62.2 Å². The number of carbonyl (C=O) groups is 2. The van der Waals surface area contributed by atoms with E-state index in [0.717, 1.165) is 24.3 Å². The fourth-order valence-corrected chi connectivity index (χ4v) is 5.02. The summed E-state index contributed by atoms with van der Waals surface area (Å²) in [4.78, 5) is 26.1. The molecule has 1 aliphatic rings. The van der Waals surface area contributed by atoms with Gasteiger partial charge in [0.15, 0.2) is 0 Å². The smallest absolute Gasteiger partial charge is 0.404 e. The minimum absolute atomic E-state index is 0.0819. The molecule has 0 bridgehead atoms. The zero-order valence-corrected chi connectivity index (χ0v) is 21.2. The van der Waals surface area contributed by atoms with Crippen LogP contribution in [0.15, 0.2) is 48.5 Å². The lowest BCUT2D eigenvalue weighted by Gasteiger charge is -2.28. The zero-order chi connectivity index (χ0) is 25.0. The summed E-state index contributed by atoms with van der Waals surface area (Å²) in [5, 5.41) is 18.4. The Balaban J connectivity index is 1.74. The van der Waals surface area contributed by atoms with E-state index in [4.69, 9.17) is 16.7 Å². The summed E-state index contributed by atoms with van der Waals surface area (Å²) in [6.45, 7) is 1.64. The Kier molecular flexibility index (Phi) is 10.7. The van der Waals surface area contributed by atoms with Crippen molar-refractivity contribution in [3.8, 4) is 0 Å². The van der Waals surface area contributed by atoms with Gasteiger partial charge in [-0.15, -0.1) is 0 Å².